The van der Waals surface area contributed by atoms with Gasteiger partial charge in [-0.25, -0.2) is 0 Å². The fourth-order valence-corrected chi connectivity index (χ4v) is 4.00. The van der Waals surface area contributed by atoms with Crippen LogP contribution in [0.3, 0.4) is 0 Å². The Labute approximate surface area is 135 Å². The smallest absolute Gasteiger partial charge is 0.0499 e. The molecule has 0 nitrogen and oxygen atoms in total. The number of benzene rings is 4. The normalized spacial score (nSPS) is 12.0. The van der Waals surface area contributed by atoms with Crippen molar-refractivity contribution in [2.45, 2.75) is 0 Å². The van der Waals surface area contributed by atoms with E-state index in [0.29, 0.717) is 20.1 Å². The molecular formula is C16H6Cl4. The first kappa shape index (κ1) is 12.8. The lowest BCUT2D eigenvalue weighted by molar-refractivity contribution is 1.77. The number of hydrogen-bond donors (Lipinski definition) is 0. The topological polar surface area (TPSA) is 0 Å². The van der Waals surface area contributed by atoms with Gasteiger partial charge in [-0.1, -0.05) is 70.7 Å². The molecule has 0 amide bonds. The molecule has 0 aliphatic rings. The predicted octanol–water partition coefficient (Wildman–Crippen LogP) is 7.20. The molecule has 4 aromatic rings. The van der Waals surface area contributed by atoms with E-state index >= 15 is 0 Å². The van der Waals surface area contributed by atoms with Crippen LogP contribution in [0.5, 0.6) is 0 Å². The fraction of sp³-hybridized carbons (Fsp3) is 0. The first-order valence-electron chi connectivity index (χ1n) is 5.98. The standard InChI is InChI=1S/C16H6Cl4/c17-11-5-13(19)9-3-4-10-14(20)6-12(18)8-2-1-7(11)15(9)16(8)10/h1-6H. The minimum Gasteiger partial charge on any atom is -0.0836 e. The minimum absolute atomic E-state index is 0.632. The molecule has 0 N–H and O–H groups in total. The van der Waals surface area contributed by atoms with Gasteiger partial charge in [-0.3, -0.25) is 0 Å². The van der Waals surface area contributed by atoms with Crippen molar-refractivity contribution in [1.29, 1.82) is 0 Å². The predicted molar refractivity (Wildman–Crippen MR) is 90.2 cm³/mol. The molecule has 0 spiro atoms. The molecule has 4 aromatic carbocycles. The van der Waals surface area contributed by atoms with Crippen molar-refractivity contribution in [1.82, 2.24) is 0 Å². The Morgan fingerprint density at radius 1 is 0.450 bits per heavy atom. The number of rotatable bonds is 0. The summed E-state index contributed by atoms with van der Waals surface area (Å²) in [5.41, 5.74) is 0. The van der Waals surface area contributed by atoms with E-state index in [4.69, 9.17) is 46.4 Å². The second kappa shape index (κ2) is 4.29. The second-order valence-electron chi connectivity index (χ2n) is 4.75. The molecule has 0 bridgehead atoms. The summed E-state index contributed by atoms with van der Waals surface area (Å²) in [6.07, 6.45) is 0. The Kier molecular flexibility index (Phi) is 2.74. The van der Waals surface area contributed by atoms with Crippen molar-refractivity contribution in [3.05, 3.63) is 56.5 Å². The molecular weight excluding hydrogens is 334 g/mol. The molecule has 0 fully saturated rings. The van der Waals surface area contributed by atoms with E-state index < -0.39 is 0 Å². The third-order valence-corrected chi connectivity index (χ3v) is 4.95. The Balaban J connectivity index is 2.47. The lowest BCUT2D eigenvalue weighted by Gasteiger charge is -2.14. The van der Waals surface area contributed by atoms with Crippen molar-refractivity contribution in [3.63, 3.8) is 0 Å². The summed E-state index contributed by atoms with van der Waals surface area (Å²) in [6.45, 7) is 0. The maximum Gasteiger partial charge on any atom is 0.0499 e. The van der Waals surface area contributed by atoms with Crippen LogP contribution in [0.25, 0.3) is 32.3 Å². The van der Waals surface area contributed by atoms with Crippen LogP contribution in [0.2, 0.25) is 20.1 Å². The van der Waals surface area contributed by atoms with E-state index in [9.17, 15) is 0 Å². The van der Waals surface area contributed by atoms with Crippen LogP contribution in [0, 0.1) is 0 Å². The zero-order valence-corrected chi connectivity index (χ0v) is 13.0. The summed E-state index contributed by atoms with van der Waals surface area (Å²) in [5, 5.41) is 8.40. The van der Waals surface area contributed by atoms with Crippen LogP contribution < -0.4 is 0 Å². The summed E-state index contributed by atoms with van der Waals surface area (Å²) in [6, 6.07) is 11.4. The van der Waals surface area contributed by atoms with Gasteiger partial charge >= 0.3 is 0 Å². The van der Waals surface area contributed by atoms with Crippen LogP contribution in [0.4, 0.5) is 0 Å². The van der Waals surface area contributed by atoms with E-state index in [2.05, 4.69) is 0 Å². The third-order valence-electron chi connectivity index (χ3n) is 3.70. The fourth-order valence-electron chi connectivity index (χ4n) is 2.83. The van der Waals surface area contributed by atoms with Gasteiger partial charge in [-0.15, -0.1) is 0 Å². The summed E-state index contributed by atoms with van der Waals surface area (Å²) < 4.78 is 0. The molecule has 0 radical (unpaired) electrons. The van der Waals surface area contributed by atoms with Gasteiger partial charge in [0, 0.05) is 52.4 Å². The molecule has 0 aromatic heterocycles. The largest absolute Gasteiger partial charge is 0.0836 e. The second-order valence-corrected chi connectivity index (χ2v) is 6.38. The molecule has 20 heavy (non-hydrogen) atoms. The Hall–Kier alpha value is -0.920. The van der Waals surface area contributed by atoms with E-state index in [1.807, 2.05) is 24.3 Å². The quantitative estimate of drug-likeness (QED) is 0.297. The monoisotopic (exact) mass is 338 g/mol. The van der Waals surface area contributed by atoms with Crippen LogP contribution in [0.1, 0.15) is 0 Å². The zero-order chi connectivity index (χ0) is 14.0. The SMILES string of the molecule is Clc1cc(Cl)c2ccc3c(Cl)cc(Cl)c4ccc1c2c43. The molecule has 0 aliphatic heterocycles. The van der Waals surface area contributed by atoms with Gasteiger partial charge in [0.2, 0.25) is 0 Å². The average Bonchev–Trinajstić information content (AvgIpc) is 2.42. The van der Waals surface area contributed by atoms with Crippen molar-refractivity contribution in [2.24, 2.45) is 0 Å². The molecule has 0 saturated heterocycles. The van der Waals surface area contributed by atoms with Gasteiger partial charge in [0.05, 0.1) is 0 Å². The van der Waals surface area contributed by atoms with Crippen molar-refractivity contribution >= 4 is 78.7 Å². The summed E-state index contributed by atoms with van der Waals surface area (Å²) in [4.78, 5) is 0. The van der Waals surface area contributed by atoms with Gasteiger partial charge in [-0.05, 0) is 12.1 Å². The molecule has 0 aliphatic carbocycles. The summed E-state index contributed by atoms with van der Waals surface area (Å²) in [7, 11) is 0. The first-order valence-corrected chi connectivity index (χ1v) is 7.49. The van der Waals surface area contributed by atoms with Crippen LogP contribution >= 0.6 is 46.4 Å². The molecule has 0 saturated carbocycles. The van der Waals surface area contributed by atoms with Crippen molar-refractivity contribution in [2.75, 3.05) is 0 Å². The van der Waals surface area contributed by atoms with Crippen LogP contribution in [-0.4, -0.2) is 0 Å². The lowest BCUT2D eigenvalue weighted by Crippen LogP contribution is -1.87. The Morgan fingerprint density at radius 3 is 0.950 bits per heavy atom. The lowest BCUT2D eigenvalue weighted by atomic mass is 9.94. The van der Waals surface area contributed by atoms with Crippen molar-refractivity contribution in [3.8, 4) is 0 Å². The Bertz CT molecular complexity index is 835. The van der Waals surface area contributed by atoms with Gasteiger partial charge < -0.3 is 0 Å². The number of hydrogen-bond acceptors (Lipinski definition) is 0. The van der Waals surface area contributed by atoms with Gasteiger partial charge in [-0.2, -0.15) is 0 Å². The molecule has 4 heteroatoms. The summed E-state index contributed by atoms with van der Waals surface area (Å²) >= 11 is 25.3. The van der Waals surface area contributed by atoms with Gasteiger partial charge in [0.15, 0.2) is 0 Å². The highest BCUT2D eigenvalue weighted by Gasteiger charge is 2.16. The molecule has 0 unspecified atom stereocenters. The average molecular weight is 340 g/mol. The van der Waals surface area contributed by atoms with Gasteiger partial charge in [0.25, 0.3) is 0 Å². The molecule has 0 heterocycles. The Morgan fingerprint density at radius 2 is 0.700 bits per heavy atom. The van der Waals surface area contributed by atoms with Gasteiger partial charge in [0.1, 0.15) is 0 Å². The minimum atomic E-state index is 0.632. The van der Waals surface area contributed by atoms with Crippen molar-refractivity contribution < 1.29 is 0 Å². The van der Waals surface area contributed by atoms with E-state index in [0.717, 1.165) is 32.3 Å². The maximum absolute atomic E-state index is 6.32. The highest BCUT2D eigenvalue weighted by atomic mass is 35.5. The zero-order valence-electron chi connectivity index (χ0n) is 9.98. The maximum atomic E-state index is 6.32. The van der Waals surface area contributed by atoms with E-state index in [-0.39, 0.29) is 0 Å². The van der Waals surface area contributed by atoms with Crippen LogP contribution in [0.15, 0.2) is 36.4 Å². The highest BCUT2D eigenvalue weighted by molar-refractivity contribution is 6.48. The summed E-state index contributed by atoms with van der Waals surface area (Å²) in [5.74, 6) is 0. The molecule has 4 rings (SSSR count). The molecule has 0 atom stereocenters. The number of halogens is 4. The van der Waals surface area contributed by atoms with E-state index in [1.54, 1.807) is 12.1 Å². The first-order chi connectivity index (χ1) is 9.58. The van der Waals surface area contributed by atoms with E-state index in [1.165, 1.54) is 0 Å². The highest BCUT2D eigenvalue weighted by Crippen LogP contribution is 2.44. The van der Waals surface area contributed by atoms with Crippen LogP contribution in [-0.2, 0) is 0 Å². The third kappa shape index (κ3) is 1.57. The molecule has 98 valence electrons.